The first kappa shape index (κ1) is 17.2. The molecule has 7 heteroatoms. The van der Waals surface area contributed by atoms with Gasteiger partial charge in [0.25, 0.3) is 0 Å². The summed E-state index contributed by atoms with van der Waals surface area (Å²) in [7, 11) is 0. The van der Waals surface area contributed by atoms with E-state index in [9.17, 15) is 4.79 Å². The Hall–Kier alpha value is -3.19. The van der Waals surface area contributed by atoms with Crippen LogP contribution in [0.2, 0.25) is 0 Å². The molecule has 0 aliphatic carbocycles. The standard InChI is InChI=1S/C20H18N2O5/c23-20(27-17-9-3-14(4-10-17)19-22-21-13-26-19)15-5-7-16(8-6-15)25-12-18-2-1-11-24-18/h3-10,13,18H,1-2,11-12H2/t18-/m1/s1. The van der Waals surface area contributed by atoms with E-state index in [2.05, 4.69) is 10.2 Å². The quantitative estimate of drug-likeness (QED) is 0.487. The third-order valence-corrected chi connectivity index (χ3v) is 4.22. The van der Waals surface area contributed by atoms with Crippen molar-refractivity contribution < 1.29 is 23.4 Å². The molecule has 0 bridgehead atoms. The number of carbonyl (C=O) groups is 1. The van der Waals surface area contributed by atoms with E-state index in [1.165, 1.54) is 6.39 Å². The molecule has 0 N–H and O–H groups in total. The van der Waals surface area contributed by atoms with Gasteiger partial charge in [0.05, 0.1) is 11.7 Å². The van der Waals surface area contributed by atoms with E-state index >= 15 is 0 Å². The Balaban J connectivity index is 1.33. The third kappa shape index (κ3) is 4.32. The molecular formula is C20H18N2O5. The Bertz CT molecular complexity index is 870. The van der Waals surface area contributed by atoms with Gasteiger partial charge in [-0.2, -0.15) is 0 Å². The molecule has 1 aliphatic heterocycles. The van der Waals surface area contributed by atoms with Crippen molar-refractivity contribution >= 4 is 5.97 Å². The highest BCUT2D eigenvalue weighted by atomic mass is 16.5. The van der Waals surface area contributed by atoms with Gasteiger partial charge in [0.2, 0.25) is 12.3 Å². The lowest BCUT2D eigenvalue weighted by molar-refractivity contribution is 0.0678. The minimum Gasteiger partial charge on any atom is -0.491 e. The number of nitrogens with zero attached hydrogens (tertiary/aromatic N) is 2. The molecule has 3 aromatic rings. The Kier molecular flexibility index (Phi) is 5.11. The second-order valence-electron chi connectivity index (χ2n) is 6.13. The van der Waals surface area contributed by atoms with Crippen molar-refractivity contribution in [3.8, 4) is 23.0 Å². The molecule has 0 radical (unpaired) electrons. The van der Waals surface area contributed by atoms with Crippen molar-refractivity contribution in [2.45, 2.75) is 18.9 Å². The van der Waals surface area contributed by atoms with Gasteiger partial charge in [-0.3, -0.25) is 0 Å². The normalized spacial score (nSPS) is 16.2. The van der Waals surface area contributed by atoms with E-state index in [-0.39, 0.29) is 6.10 Å². The number of carbonyl (C=O) groups excluding carboxylic acids is 1. The number of hydrogen-bond donors (Lipinski definition) is 0. The molecule has 138 valence electrons. The smallest absolute Gasteiger partial charge is 0.343 e. The minimum absolute atomic E-state index is 0.157. The van der Waals surface area contributed by atoms with Crippen LogP contribution < -0.4 is 9.47 Å². The van der Waals surface area contributed by atoms with Crippen molar-refractivity contribution in [3.63, 3.8) is 0 Å². The van der Waals surface area contributed by atoms with Crippen LogP contribution in [0.15, 0.2) is 59.3 Å². The molecule has 0 unspecified atom stereocenters. The van der Waals surface area contributed by atoms with E-state index in [4.69, 9.17) is 18.6 Å². The monoisotopic (exact) mass is 366 g/mol. The Morgan fingerprint density at radius 3 is 2.52 bits per heavy atom. The fourth-order valence-electron chi connectivity index (χ4n) is 2.78. The highest BCUT2D eigenvalue weighted by molar-refractivity contribution is 5.91. The van der Waals surface area contributed by atoms with E-state index in [0.717, 1.165) is 25.0 Å². The first-order valence-corrected chi connectivity index (χ1v) is 8.71. The van der Waals surface area contributed by atoms with Gasteiger partial charge in [0.15, 0.2) is 0 Å². The van der Waals surface area contributed by atoms with Crippen LogP contribution in [0.1, 0.15) is 23.2 Å². The van der Waals surface area contributed by atoms with Crippen LogP contribution in [-0.2, 0) is 4.74 Å². The van der Waals surface area contributed by atoms with Crippen molar-refractivity contribution in [1.29, 1.82) is 0 Å². The molecule has 7 nitrogen and oxygen atoms in total. The van der Waals surface area contributed by atoms with Gasteiger partial charge >= 0.3 is 5.97 Å². The Morgan fingerprint density at radius 1 is 1.07 bits per heavy atom. The van der Waals surface area contributed by atoms with E-state index in [1.807, 2.05) is 0 Å². The number of aromatic nitrogens is 2. The molecule has 0 saturated carbocycles. The van der Waals surface area contributed by atoms with Crippen LogP contribution in [0.4, 0.5) is 0 Å². The zero-order valence-electron chi connectivity index (χ0n) is 14.5. The summed E-state index contributed by atoms with van der Waals surface area (Å²) in [4.78, 5) is 12.3. The number of hydrogen-bond acceptors (Lipinski definition) is 7. The van der Waals surface area contributed by atoms with Gasteiger partial charge in [0.1, 0.15) is 18.1 Å². The molecule has 1 aromatic heterocycles. The topological polar surface area (TPSA) is 83.7 Å². The maximum absolute atomic E-state index is 12.3. The first-order chi connectivity index (χ1) is 13.3. The fraction of sp³-hybridized carbons (Fsp3) is 0.250. The predicted molar refractivity (Wildman–Crippen MR) is 95.6 cm³/mol. The largest absolute Gasteiger partial charge is 0.491 e. The molecule has 1 saturated heterocycles. The van der Waals surface area contributed by atoms with Crippen LogP contribution in [0.3, 0.4) is 0 Å². The average molecular weight is 366 g/mol. The predicted octanol–water partition coefficient (Wildman–Crippen LogP) is 3.51. The Labute approximate surface area is 155 Å². The van der Waals surface area contributed by atoms with Gasteiger partial charge in [-0.15, -0.1) is 10.2 Å². The zero-order chi connectivity index (χ0) is 18.5. The number of ether oxygens (including phenoxy) is 3. The molecule has 1 fully saturated rings. The summed E-state index contributed by atoms with van der Waals surface area (Å²) < 4.78 is 21.7. The summed E-state index contributed by atoms with van der Waals surface area (Å²) in [6.07, 6.45) is 3.52. The molecule has 0 amide bonds. The van der Waals surface area contributed by atoms with Crippen molar-refractivity contribution in [1.82, 2.24) is 10.2 Å². The maximum Gasteiger partial charge on any atom is 0.343 e. The van der Waals surface area contributed by atoms with Crippen LogP contribution in [0.25, 0.3) is 11.5 Å². The molecule has 27 heavy (non-hydrogen) atoms. The maximum atomic E-state index is 12.3. The molecule has 1 atom stereocenters. The number of benzene rings is 2. The minimum atomic E-state index is -0.439. The van der Waals surface area contributed by atoms with Crippen LogP contribution in [0.5, 0.6) is 11.5 Å². The zero-order valence-corrected chi connectivity index (χ0v) is 14.5. The lowest BCUT2D eigenvalue weighted by Crippen LogP contribution is -2.16. The lowest BCUT2D eigenvalue weighted by atomic mass is 10.2. The van der Waals surface area contributed by atoms with Crippen LogP contribution >= 0.6 is 0 Å². The molecule has 4 rings (SSSR count). The lowest BCUT2D eigenvalue weighted by Gasteiger charge is -2.11. The van der Waals surface area contributed by atoms with Gasteiger partial charge in [0, 0.05) is 12.2 Å². The number of rotatable bonds is 6. The van der Waals surface area contributed by atoms with E-state index in [1.54, 1.807) is 48.5 Å². The third-order valence-electron chi connectivity index (χ3n) is 4.22. The summed E-state index contributed by atoms with van der Waals surface area (Å²) in [5, 5.41) is 7.46. The van der Waals surface area contributed by atoms with Crippen molar-refractivity contribution in [2.24, 2.45) is 0 Å². The molecule has 0 spiro atoms. The summed E-state index contributed by atoms with van der Waals surface area (Å²) in [6, 6.07) is 13.7. The average Bonchev–Trinajstić information content (AvgIpc) is 3.41. The fourth-order valence-corrected chi connectivity index (χ4v) is 2.78. The van der Waals surface area contributed by atoms with Gasteiger partial charge < -0.3 is 18.6 Å². The molecular weight excluding hydrogens is 348 g/mol. The summed E-state index contributed by atoms with van der Waals surface area (Å²) in [5.74, 6) is 1.10. The van der Waals surface area contributed by atoms with E-state index in [0.29, 0.717) is 29.6 Å². The van der Waals surface area contributed by atoms with Crippen LogP contribution in [0, 0.1) is 0 Å². The first-order valence-electron chi connectivity index (χ1n) is 8.71. The molecule has 1 aliphatic rings. The van der Waals surface area contributed by atoms with Gasteiger partial charge in [-0.05, 0) is 61.4 Å². The molecule has 2 aromatic carbocycles. The highest BCUT2D eigenvalue weighted by Gasteiger charge is 2.16. The summed E-state index contributed by atoms with van der Waals surface area (Å²) in [5.41, 5.74) is 1.19. The SMILES string of the molecule is O=C(Oc1ccc(-c2nnco2)cc1)c1ccc(OC[C@H]2CCCO2)cc1. The van der Waals surface area contributed by atoms with Gasteiger partial charge in [-0.25, -0.2) is 4.79 Å². The van der Waals surface area contributed by atoms with Crippen LogP contribution in [-0.4, -0.2) is 35.5 Å². The highest BCUT2D eigenvalue weighted by Crippen LogP contribution is 2.22. The van der Waals surface area contributed by atoms with E-state index < -0.39 is 5.97 Å². The number of esters is 1. The van der Waals surface area contributed by atoms with Crippen molar-refractivity contribution in [2.75, 3.05) is 13.2 Å². The summed E-state index contributed by atoms with van der Waals surface area (Å²) >= 11 is 0. The van der Waals surface area contributed by atoms with Crippen molar-refractivity contribution in [3.05, 3.63) is 60.5 Å². The Morgan fingerprint density at radius 2 is 1.85 bits per heavy atom. The molecule has 2 heterocycles. The van der Waals surface area contributed by atoms with Gasteiger partial charge in [-0.1, -0.05) is 0 Å². The summed E-state index contributed by atoms with van der Waals surface area (Å²) in [6.45, 7) is 1.32. The second-order valence-corrected chi connectivity index (χ2v) is 6.13. The second kappa shape index (κ2) is 8.01.